The van der Waals surface area contributed by atoms with Crippen molar-refractivity contribution < 1.29 is 13.6 Å². The minimum Gasteiger partial charge on any atom is -0.327 e. The number of carbonyl (C=O) groups excluding carboxylic acids is 1. The monoisotopic (exact) mass is 320 g/mol. The standard InChI is InChI=1S/C16H11ClF2N2O/c17-12-6-1-4-11(10-12)5-3-9-20-16(22)21-15-13(18)7-2-8-14(15)19/h1-2,4,6-8,10H,9H2,(H2,20,21,22). The smallest absolute Gasteiger partial charge is 0.320 e. The molecule has 22 heavy (non-hydrogen) atoms. The molecule has 0 unspecified atom stereocenters. The van der Waals surface area contributed by atoms with Crippen LogP contribution >= 0.6 is 11.6 Å². The van der Waals surface area contributed by atoms with Crippen LogP contribution in [-0.2, 0) is 0 Å². The van der Waals surface area contributed by atoms with Crippen molar-refractivity contribution in [2.24, 2.45) is 0 Å². The number of hydrogen-bond donors (Lipinski definition) is 2. The van der Waals surface area contributed by atoms with Gasteiger partial charge >= 0.3 is 6.03 Å². The maximum atomic E-state index is 13.3. The summed E-state index contributed by atoms with van der Waals surface area (Å²) in [6, 6.07) is 9.51. The van der Waals surface area contributed by atoms with Crippen molar-refractivity contribution in [3.05, 3.63) is 64.7 Å². The second-order valence-electron chi connectivity index (χ2n) is 4.22. The Hall–Kier alpha value is -2.58. The van der Waals surface area contributed by atoms with Gasteiger partial charge in [0.05, 0.1) is 6.54 Å². The van der Waals surface area contributed by atoms with Crippen molar-refractivity contribution in [1.82, 2.24) is 5.32 Å². The molecule has 3 nitrogen and oxygen atoms in total. The van der Waals surface area contributed by atoms with Gasteiger partial charge in [-0.1, -0.05) is 35.6 Å². The number of urea groups is 1. The van der Waals surface area contributed by atoms with E-state index >= 15 is 0 Å². The Kier molecular flexibility index (Phi) is 5.34. The molecular formula is C16H11ClF2N2O. The zero-order valence-corrected chi connectivity index (χ0v) is 12.0. The lowest BCUT2D eigenvalue weighted by atomic mass is 10.2. The Morgan fingerprint density at radius 3 is 2.50 bits per heavy atom. The average molecular weight is 321 g/mol. The first-order valence-electron chi connectivity index (χ1n) is 6.29. The SMILES string of the molecule is O=C(NCC#Cc1cccc(Cl)c1)Nc1c(F)cccc1F. The molecule has 0 fully saturated rings. The third-order valence-electron chi connectivity index (χ3n) is 2.60. The van der Waals surface area contributed by atoms with Crippen molar-refractivity contribution in [1.29, 1.82) is 0 Å². The molecule has 2 N–H and O–H groups in total. The number of halogens is 3. The van der Waals surface area contributed by atoms with E-state index in [0.29, 0.717) is 10.6 Å². The van der Waals surface area contributed by atoms with Crippen LogP contribution in [0.4, 0.5) is 19.3 Å². The highest BCUT2D eigenvalue weighted by molar-refractivity contribution is 6.30. The Morgan fingerprint density at radius 1 is 1.14 bits per heavy atom. The lowest BCUT2D eigenvalue weighted by Crippen LogP contribution is -2.29. The minimum absolute atomic E-state index is 0.0222. The summed E-state index contributed by atoms with van der Waals surface area (Å²) in [5.74, 6) is 3.81. The molecule has 0 radical (unpaired) electrons. The third-order valence-corrected chi connectivity index (χ3v) is 2.83. The van der Waals surface area contributed by atoms with Gasteiger partial charge < -0.3 is 10.6 Å². The van der Waals surface area contributed by atoms with E-state index in [-0.39, 0.29) is 6.54 Å². The predicted octanol–water partition coefficient (Wildman–Crippen LogP) is 3.79. The Labute approximate surface area is 131 Å². The van der Waals surface area contributed by atoms with Gasteiger partial charge in [-0.15, -0.1) is 0 Å². The molecule has 0 heterocycles. The maximum Gasteiger partial charge on any atom is 0.320 e. The molecule has 6 heteroatoms. The molecule has 0 atom stereocenters. The van der Waals surface area contributed by atoms with E-state index < -0.39 is 23.4 Å². The molecule has 2 amide bonds. The van der Waals surface area contributed by atoms with Crippen LogP contribution in [0.1, 0.15) is 5.56 Å². The van der Waals surface area contributed by atoms with Gasteiger partial charge in [-0.3, -0.25) is 0 Å². The molecule has 112 valence electrons. The highest BCUT2D eigenvalue weighted by Gasteiger charge is 2.10. The average Bonchev–Trinajstić information content (AvgIpc) is 2.48. The molecule has 0 aromatic heterocycles. The highest BCUT2D eigenvalue weighted by atomic mass is 35.5. The molecule has 0 bridgehead atoms. The van der Waals surface area contributed by atoms with Gasteiger partial charge in [0.15, 0.2) is 0 Å². The van der Waals surface area contributed by atoms with Crippen molar-refractivity contribution >= 4 is 23.3 Å². The first kappa shape index (κ1) is 15.8. The summed E-state index contributed by atoms with van der Waals surface area (Å²) in [5.41, 5.74) is 0.206. The van der Waals surface area contributed by atoms with Crippen molar-refractivity contribution in [3.8, 4) is 11.8 Å². The number of carbonyl (C=O) groups is 1. The van der Waals surface area contributed by atoms with Crippen LogP contribution < -0.4 is 10.6 Å². The van der Waals surface area contributed by atoms with E-state index in [0.717, 1.165) is 12.1 Å². The second kappa shape index (κ2) is 7.43. The second-order valence-corrected chi connectivity index (χ2v) is 4.65. The number of amides is 2. The maximum absolute atomic E-state index is 13.3. The summed E-state index contributed by atoms with van der Waals surface area (Å²) in [5, 5.41) is 5.04. The van der Waals surface area contributed by atoms with Gasteiger partial charge in [-0.05, 0) is 30.3 Å². The van der Waals surface area contributed by atoms with Crippen LogP contribution in [0.15, 0.2) is 42.5 Å². The normalized spacial score (nSPS) is 9.59. The van der Waals surface area contributed by atoms with Gasteiger partial charge in [0, 0.05) is 10.6 Å². The molecule has 0 aliphatic carbocycles. The van der Waals surface area contributed by atoms with Crippen molar-refractivity contribution in [3.63, 3.8) is 0 Å². The van der Waals surface area contributed by atoms with Gasteiger partial charge in [0.1, 0.15) is 17.3 Å². The van der Waals surface area contributed by atoms with Crippen molar-refractivity contribution in [2.75, 3.05) is 11.9 Å². The van der Waals surface area contributed by atoms with Crippen LogP contribution in [0.5, 0.6) is 0 Å². The molecule has 2 rings (SSSR count). The van der Waals surface area contributed by atoms with E-state index in [4.69, 9.17) is 11.6 Å². The zero-order chi connectivity index (χ0) is 15.9. The minimum atomic E-state index is -0.847. The fraction of sp³-hybridized carbons (Fsp3) is 0.0625. The fourth-order valence-corrected chi connectivity index (χ4v) is 1.80. The van der Waals surface area contributed by atoms with Crippen LogP contribution in [0, 0.1) is 23.5 Å². The third kappa shape index (κ3) is 4.47. The molecule has 0 saturated heterocycles. The van der Waals surface area contributed by atoms with Crippen LogP contribution in [0.3, 0.4) is 0 Å². The first-order valence-corrected chi connectivity index (χ1v) is 6.67. The summed E-state index contributed by atoms with van der Waals surface area (Å²) in [6.45, 7) is 0.0222. The molecule has 2 aromatic carbocycles. The van der Waals surface area contributed by atoms with Gasteiger partial charge in [0.2, 0.25) is 0 Å². The molecule has 0 saturated carbocycles. The molecule has 2 aromatic rings. The van der Waals surface area contributed by atoms with E-state index in [9.17, 15) is 13.6 Å². The number of para-hydroxylation sites is 1. The molecule has 0 spiro atoms. The quantitative estimate of drug-likeness (QED) is 0.812. The van der Waals surface area contributed by atoms with E-state index in [2.05, 4.69) is 22.5 Å². The van der Waals surface area contributed by atoms with Crippen LogP contribution in [0.25, 0.3) is 0 Å². The Morgan fingerprint density at radius 2 is 1.82 bits per heavy atom. The number of rotatable bonds is 2. The highest BCUT2D eigenvalue weighted by Crippen LogP contribution is 2.17. The van der Waals surface area contributed by atoms with Crippen molar-refractivity contribution in [2.45, 2.75) is 0 Å². The van der Waals surface area contributed by atoms with Crippen LogP contribution in [0.2, 0.25) is 5.02 Å². The summed E-state index contributed by atoms with van der Waals surface area (Å²) in [4.78, 5) is 11.5. The van der Waals surface area contributed by atoms with Gasteiger partial charge in [0.25, 0.3) is 0 Å². The van der Waals surface area contributed by atoms with Crippen LogP contribution in [-0.4, -0.2) is 12.6 Å². The number of hydrogen-bond acceptors (Lipinski definition) is 1. The Balaban J connectivity index is 1.89. The summed E-state index contributed by atoms with van der Waals surface area (Å²) in [7, 11) is 0. The van der Waals surface area contributed by atoms with Gasteiger partial charge in [-0.25, -0.2) is 13.6 Å². The number of benzene rings is 2. The van der Waals surface area contributed by atoms with E-state index in [1.165, 1.54) is 6.07 Å². The Bertz CT molecular complexity index is 733. The lowest BCUT2D eigenvalue weighted by molar-refractivity contribution is 0.253. The largest absolute Gasteiger partial charge is 0.327 e. The van der Waals surface area contributed by atoms with E-state index in [1.807, 2.05) is 0 Å². The fourth-order valence-electron chi connectivity index (χ4n) is 1.61. The number of nitrogens with one attached hydrogen (secondary N) is 2. The lowest BCUT2D eigenvalue weighted by Gasteiger charge is -2.07. The van der Waals surface area contributed by atoms with Gasteiger partial charge in [-0.2, -0.15) is 0 Å². The summed E-state index contributed by atoms with van der Waals surface area (Å²) in [6.07, 6.45) is 0. The molecular weight excluding hydrogens is 310 g/mol. The summed E-state index contributed by atoms with van der Waals surface area (Å²) < 4.78 is 26.7. The number of anilines is 1. The molecule has 0 aliphatic rings. The topological polar surface area (TPSA) is 41.1 Å². The van der Waals surface area contributed by atoms with E-state index in [1.54, 1.807) is 24.3 Å². The predicted molar refractivity (Wildman–Crippen MR) is 81.7 cm³/mol. The zero-order valence-electron chi connectivity index (χ0n) is 11.3. The summed E-state index contributed by atoms with van der Waals surface area (Å²) >= 11 is 5.81. The molecule has 0 aliphatic heterocycles. The first-order chi connectivity index (χ1) is 10.6.